The highest BCUT2D eigenvalue weighted by molar-refractivity contribution is 5.67. The lowest BCUT2D eigenvalue weighted by Gasteiger charge is -2.16. The molecule has 1 aliphatic carbocycles. The van der Waals surface area contributed by atoms with Gasteiger partial charge in [-0.25, -0.2) is 4.79 Å². The third-order valence-electron chi connectivity index (χ3n) is 3.12. The number of amides is 1. The number of allylic oxidation sites excluding steroid dienone is 1. The third kappa shape index (κ3) is 10.3. The van der Waals surface area contributed by atoms with Crippen molar-refractivity contribution in [2.24, 2.45) is 5.73 Å². The maximum absolute atomic E-state index is 11.6. The van der Waals surface area contributed by atoms with E-state index in [0.29, 0.717) is 39.5 Å². The second-order valence-corrected chi connectivity index (χ2v) is 4.95. The van der Waals surface area contributed by atoms with Crippen molar-refractivity contribution in [3.8, 4) is 0 Å². The summed E-state index contributed by atoms with van der Waals surface area (Å²) >= 11 is 0. The molecule has 1 atom stereocenters. The van der Waals surface area contributed by atoms with Crippen molar-refractivity contribution in [3.63, 3.8) is 0 Å². The van der Waals surface area contributed by atoms with Crippen molar-refractivity contribution in [3.05, 3.63) is 12.2 Å². The molecule has 3 N–H and O–H groups in total. The van der Waals surface area contributed by atoms with Gasteiger partial charge in [0.2, 0.25) is 0 Å². The van der Waals surface area contributed by atoms with Gasteiger partial charge in [-0.15, -0.1) is 0 Å². The van der Waals surface area contributed by atoms with E-state index in [-0.39, 0.29) is 12.2 Å². The molecule has 6 heteroatoms. The first-order valence-electron chi connectivity index (χ1n) is 7.79. The van der Waals surface area contributed by atoms with Crippen LogP contribution in [0.25, 0.3) is 0 Å². The number of carbonyl (C=O) groups excluding carboxylic acids is 1. The average Bonchev–Trinajstić information content (AvgIpc) is 2.44. The van der Waals surface area contributed by atoms with Crippen molar-refractivity contribution < 1.29 is 19.0 Å². The zero-order chi connectivity index (χ0) is 15.2. The highest BCUT2D eigenvalue weighted by atomic mass is 16.6. The minimum atomic E-state index is -0.381. The minimum Gasteiger partial charge on any atom is -0.442 e. The predicted molar refractivity (Wildman–Crippen MR) is 81.2 cm³/mol. The molecular formula is C15H28N2O4. The number of rotatable bonds is 9. The van der Waals surface area contributed by atoms with Gasteiger partial charge in [-0.1, -0.05) is 12.5 Å². The molecule has 0 bridgehead atoms. The topological polar surface area (TPSA) is 82.8 Å². The third-order valence-corrected chi connectivity index (χ3v) is 3.12. The summed E-state index contributed by atoms with van der Waals surface area (Å²) in [5, 5.41) is 2.69. The van der Waals surface area contributed by atoms with Crippen LogP contribution in [0.4, 0.5) is 4.79 Å². The Labute approximate surface area is 127 Å². The Balaban J connectivity index is 1.99. The fraction of sp³-hybridized carbons (Fsp3) is 0.800. The van der Waals surface area contributed by atoms with Gasteiger partial charge >= 0.3 is 6.09 Å². The number of nitrogens with one attached hydrogen (secondary N) is 1. The minimum absolute atomic E-state index is 0.101. The quantitative estimate of drug-likeness (QED) is 0.499. The zero-order valence-corrected chi connectivity index (χ0v) is 12.7. The molecule has 0 fully saturated rings. The number of hydrogen-bond donors (Lipinski definition) is 2. The summed E-state index contributed by atoms with van der Waals surface area (Å²) in [6.45, 7) is 2.97. The SMILES string of the molecule is NCCOCCOCCNC(=O)O[C@@H]1/C=C/CCCCC1. The van der Waals surface area contributed by atoms with Crippen LogP contribution in [-0.2, 0) is 14.2 Å². The summed E-state index contributed by atoms with van der Waals surface area (Å²) in [4.78, 5) is 11.6. The molecule has 6 nitrogen and oxygen atoms in total. The van der Waals surface area contributed by atoms with Crippen molar-refractivity contribution in [2.45, 2.75) is 38.2 Å². The number of ether oxygens (including phenoxy) is 3. The molecule has 0 aromatic carbocycles. The predicted octanol–water partition coefficient (Wildman–Crippen LogP) is 1.59. The molecule has 0 saturated carbocycles. The van der Waals surface area contributed by atoms with Gasteiger partial charge in [-0.05, 0) is 31.8 Å². The van der Waals surface area contributed by atoms with Gasteiger partial charge in [-0.2, -0.15) is 0 Å². The van der Waals surface area contributed by atoms with Crippen LogP contribution >= 0.6 is 0 Å². The van der Waals surface area contributed by atoms with Gasteiger partial charge in [-0.3, -0.25) is 0 Å². The molecule has 0 unspecified atom stereocenters. The van der Waals surface area contributed by atoms with Gasteiger partial charge in [0.15, 0.2) is 0 Å². The summed E-state index contributed by atoms with van der Waals surface area (Å²) in [6.07, 6.45) is 9.11. The first kappa shape index (κ1) is 17.9. The Kier molecular flexibility index (Phi) is 10.8. The standard InChI is InChI=1S/C15H28N2O4/c16-8-10-19-12-13-20-11-9-17-15(18)21-14-6-4-2-1-3-5-7-14/h4,6,14H,1-3,5,7-13,16H2,(H,17,18)/b6-4+/t14-/m1/s1. The molecule has 0 saturated heterocycles. The van der Waals surface area contributed by atoms with Gasteiger partial charge < -0.3 is 25.3 Å². The van der Waals surface area contributed by atoms with Crippen LogP contribution in [0.5, 0.6) is 0 Å². The molecule has 0 aromatic heterocycles. The normalized spacial score (nSPS) is 20.3. The average molecular weight is 300 g/mol. The fourth-order valence-corrected chi connectivity index (χ4v) is 2.04. The summed E-state index contributed by atoms with van der Waals surface area (Å²) in [5.74, 6) is 0. The molecular weight excluding hydrogens is 272 g/mol. The van der Waals surface area contributed by atoms with E-state index < -0.39 is 0 Å². The first-order chi connectivity index (χ1) is 10.3. The van der Waals surface area contributed by atoms with Crippen LogP contribution in [-0.4, -0.2) is 51.7 Å². The molecule has 0 radical (unpaired) electrons. The lowest BCUT2D eigenvalue weighted by Crippen LogP contribution is -2.31. The molecule has 1 amide bonds. The van der Waals surface area contributed by atoms with E-state index in [2.05, 4.69) is 11.4 Å². The van der Waals surface area contributed by atoms with Crippen LogP contribution in [0.2, 0.25) is 0 Å². The van der Waals surface area contributed by atoms with E-state index in [1.165, 1.54) is 12.8 Å². The van der Waals surface area contributed by atoms with Gasteiger partial charge in [0, 0.05) is 13.1 Å². The fourth-order valence-electron chi connectivity index (χ4n) is 2.04. The lowest BCUT2D eigenvalue weighted by atomic mass is 10.0. The van der Waals surface area contributed by atoms with Crippen molar-refractivity contribution in [2.75, 3.05) is 39.5 Å². The Hall–Kier alpha value is -1.11. The maximum atomic E-state index is 11.6. The number of nitrogens with two attached hydrogens (primary N) is 1. The molecule has 122 valence electrons. The molecule has 1 rings (SSSR count). The van der Waals surface area contributed by atoms with Crippen LogP contribution < -0.4 is 11.1 Å². The summed E-state index contributed by atoms with van der Waals surface area (Å²) in [5.41, 5.74) is 5.29. The summed E-state index contributed by atoms with van der Waals surface area (Å²) in [6, 6.07) is 0. The maximum Gasteiger partial charge on any atom is 0.407 e. The first-order valence-corrected chi connectivity index (χ1v) is 7.79. The Morgan fingerprint density at radius 1 is 1.14 bits per heavy atom. The highest BCUT2D eigenvalue weighted by Crippen LogP contribution is 2.14. The van der Waals surface area contributed by atoms with Crippen molar-refractivity contribution >= 4 is 6.09 Å². The Morgan fingerprint density at radius 2 is 1.95 bits per heavy atom. The molecule has 21 heavy (non-hydrogen) atoms. The van der Waals surface area contributed by atoms with E-state index in [0.717, 1.165) is 19.3 Å². The van der Waals surface area contributed by atoms with Crippen molar-refractivity contribution in [1.82, 2.24) is 5.32 Å². The van der Waals surface area contributed by atoms with Gasteiger partial charge in [0.1, 0.15) is 6.10 Å². The van der Waals surface area contributed by atoms with Crippen LogP contribution in [0, 0.1) is 0 Å². The molecule has 1 aliphatic rings. The summed E-state index contributed by atoms with van der Waals surface area (Å²) < 4.78 is 15.8. The number of hydrogen-bond acceptors (Lipinski definition) is 5. The second kappa shape index (κ2) is 12.6. The molecule has 0 spiro atoms. The molecule has 0 aliphatic heterocycles. The smallest absolute Gasteiger partial charge is 0.407 e. The Morgan fingerprint density at radius 3 is 2.76 bits per heavy atom. The summed E-state index contributed by atoms with van der Waals surface area (Å²) in [7, 11) is 0. The number of alkyl carbamates (subject to hydrolysis) is 1. The van der Waals surface area contributed by atoms with E-state index in [4.69, 9.17) is 19.9 Å². The lowest BCUT2D eigenvalue weighted by molar-refractivity contribution is 0.0505. The molecule has 0 heterocycles. The van der Waals surface area contributed by atoms with E-state index >= 15 is 0 Å². The van der Waals surface area contributed by atoms with E-state index in [1.54, 1.807) is 0 Å². The zero-order valence-electron chi connectivity index (χ0n) is 12.7. The number of carbonyl (C=O) groups is 1. The van der Waals surface area contributed by atoms with Crippen LogP contribution in [0.3, 0.4) is 0 Å². The van der Waals surface area contributed by atoms with Crippen LogP contribution in [0.15, 0.2) is 12.2 Å². The Bertz CT molecular complexity index is 297. The van der Waals surface area contributed by atoms with Gasteiger partial charge in [0.25, 0.3) is 0 Å². The van der Waals surface area contributed by atoms with Crippen molar-refractivity contribution in [1.29, 1.82) is 0 Å². The second-order valence-electron chi connectivity index (χ2n) is 4.95. The largest absolute Gasteiger partial charge is 0.442 e. The highest BCUT2D eigenvalue weighted by Gasteiger charge is 2.11. The van der Waals surface area contributed by atoms with E-state index in [9.17, 15) is 4.79 Å². The molecule has 0 aromatic rings. The monoisotopic (exact) mass is 300 g/mol. The van der Waals surface area contributed by atoms with E-state index in [1.807, 2.05) is 6.08 Å². The van der Waals surface area contributed by atoms with Crippen LogP contribution in [0.1, 0.15) is 32.1 Å². The van der Waals surface area contributed by atoms with Gasteiger partial charge in [0.05, 0.1) is 26.4 Å².